The number of aryl methyl sites for hydroxylation is 1. The van der Waals surface area contributed by atoms with Crippen LogP contribution in [0.15, 0.2) is 73.2 Å². The minimum absolute atomic E-state index is 0.0721. The molecular formula is C46H48F2N10O5. The molecule has 4 aliphatic rings. The van der Waals surface area contributed by atoms with Gasteiger partial charge in [0.15, 0.2) is 5.82 Å². The number of nitrogens with one attached hydrogen (secondary N) is 3. The van der Waals surface area contributed by atoms with E-state index in [0.29, 0.717) is 36.0 Å². The van der Waals surface area contributed by atoms with Gasteiger partial charge in [-0.1, -0.05) is 6.08 Å². The lowest BCUT2D eigenvalue weighted by Gasteiger charge is -2.55. The van der Waals surface area contributed by atoms with Gasteiger partial charge in [0.2, 0.25) is 17.7 Å². The second-order valence-corrected chi connectivity index (χ2v) is 17.2. The van der Waals surface area contributed by atoms with Crippen LogP contribution in [0.25, 0.3) is 27.6 Å². The van der Waals surface area contributed by atoms with E-state index in [4.69, 9.17) is 0 Å². The first-order valence-electron chi connectivity index (χ1n) is 21.3. The molecule has 0 saturated carbocycles. The Labute approximate surface area is 362 Å². The van der Waals surface area contributed by atoms with E-state index in [2.05, 4.69) is 35.5 Å². The zero-order valence-corrected chi connectivity index (χ0v) is 35.1. The van der Waals surface area contributed by atoms with E-state index in [-0.39, 0.29) is 77.0 Å². The molecule has 0 radical (unpaired) electrons. The number of fused-ring (bicyclic) bond motifs is 1. The number of anilines is 2. The van der Waals surface area contributed by atoms with Crippen LogP contribution < -0.4 is 20.4 Å². The molecule has 3 N–H and O–H groups in total. The van der Waals surface area contributed by atoms with Gasteiger partial charge in [0.25, 0.3) is 11.8 Å². The van der Waals surface area contributed by atoms with Crippen molar-refractivity contribution in [3.05, 3.63) is 102 Å². The average Bonchev–Trinajstić information content (AvgIpc) is 3.98. The van der Waals surface area contributed by atoms with Gasteiger partial charge in [0.05, 0.1) is 17.4 Å². The van der Waals surface area contributed by atoms with Crippen LogP contribution in [0.4, 0.5) is 20.2 Å². The molecule has 1 spiro atoms. The van der Waals surface area contributed by atoms with Gasteiger partial charge < -0.3 is 29.9 Å². The fraction of sp³-hybridized carbons (Fsp3) is 0.370. The van der Waals surface area contributed by atoms with E-state index in [1.54, 1.807) is 72.6 Å². The summed E-state index contributed by atoms with van der Waals surface area (Å²) in [6, 6.07) is 12.9. The first-order chi connectivity index (χ1) is 30.3. The zero-order chi connectivity index (χ0) is 44.0. The van der Waals surface area contributed by atoms with Crippen LogP contribution in [0.1, 0.15) is 65.1 Å². The molecule has 63 heavy (non-hydrogen) atoms. The van der Waals surface area contributed by atoms with Crippen LogP contribution in [-0.2, 0) is 20.9 Å². The highest BCUT2D eigenvalue weighted by Crippen LogP contribution is 2.44. The molecule has 2 aromatic carbocycles. The maximum atomic E-state index is 16.6. The number of amides is 5. The quantitative estimate of drug-likeness (QED) is 0.168. The van der Waals surface area contributed by atoms with Crippen molar-refractivity contribution >= 4 is 57.4 Å². The molecule has 326 valence electrons. The summed E-state index contributed by atoms with van der Waals surface area (Å²) in [5.41, 5.74) is 3.75. The number of aromatic amines is 1. The summed E-state index contributed by atoms with van der Waals surface area (Å²) in [4.78, 5) is 77.4. The first-order valence-corrected chi connectivity index (χ1v) is 21.3. The minimum Gasteiger partial charge on any atom is -0.371 e. The second-order valence-electron chi connectivity index (χ2n) is 17.2. The van der Waals surface area contributed by atoms with Crippen molar-refractivity contribution in [3.63, 3.8) is 0 Å². The van der Waals surface area contributed by atoms with Crippen LogP contribution in [0.3, 0.4) is 0 Å². The fourth-order valence-corrected chi connectivity index (χ4v) is 9.22. The van der Waals surface area contributed by atoms with Crippen molar-refractivity contribution in [1.82, 2.24) is 40.2 Å². The Morgan fingerprint density at radius 1 is 0.952 bits per heavy atom. The lowest BCUT2D eigenvalue weighted by molar-refractivity contribution is -0.134. The topological polar surface area (TPSA) is 169 Å². The number of hydrogen-bond acceptors (Lipinski definition) is 9. The van der Waals surface area contributed by atoms with Crippen LogP contribution in [0.5, 0.6) is 0 Å². The van der Waals surface area contributed by atoms with Gasteiger partial charge in [0.1, 0.15) is 23.2 Å². The molecule has 4 aliphatic heterocycles. The number of nitrogens with zero attached hydrogens (tertiary/aromatic N) is 7. The Morgan fingerprint density at radius 3 is 2.44 bits per heavy atom. The Morgan fingerprint density at radius 2 is 1.75 bits per heavy atom. The number of carbonyl (C=O) groups is 5. The zero-order valence-electron chi connectivity index (χ0n) is 35.1. The maximum absolute atomic E-state index is 16.6. The van der Waals surface area contributed by atoms with Gasteiger partial charge in [0, 0.05) is 113 Å². The number of carbonyl (C=O) groups excluding carboxylic acids is 5. The van der Waals surface area contributed by atoms with Gasteiger partial charge in [-0.25, -0.2) is 13.8 Å². The summed E-state index contributed by atoms with van der Waals surface area (Å²) < 4.78 is 34.8. The Hall–Kier alpha value is -6.91. The standard InChI is InChI=1S/C46H48F2N10O5/c1-54(2)45(63)38-23-34-33(22-32(41(48)42(34)51-38)28-5-3-16-56(25-28)40(60)12-18-58-17-4-15-50-58)31-8-6-29(21-35(31)47)55-19-13-46(14-20-55)26-57(27-46)30-7-9-36(49-24-30)43(61)52-37-10-11-39(59)53-44(37)62/h4-9,15,17,21-24,37,51H,3,10-14,16,18-20,25-27H2,1-2H3,(H,52,61)(H,53,59,62). The largest absolute Gasteiger partial charge is 0.371 e. The third-order valence-corrected chi connectivity index (χ3v) is 12.8. The highest BCUT2D eigenvalue weighted by Gasteiger charge is 2.45. The highest BCUT2D eigenvalue weighted by molar-refractivity contribution is 6.05. The van der Waals surface area contributed by atoms with Crippen LogP contribution in [0.2, 0.25) is 0 Å². The van der Waals surface area contributed by atoms with E-state index >= 15 is 8.78 Å². The number of piperidine rings is 2. The molecule has 1 unspecified atom stereocenters. The summed E-state index contributed by atoms with van der Waals surface area (Å²) in [6.45, 7) is 4.22. The first kappa shape index (κ1) is 41.4. The van der Waals surface area contributed by atoms with Crippen LogP contribution >= 0.6 is 0 Å². The van der Waals surface area contributed by atoms with Crippen molar-refractivity contribution in [2.45, 2.75) is 51.1 Å². The fourth-order valence-electron chi connectivity index (χ4n) is 9.22. The number of rotatable bonds is 10. The van der Waals surface area contributed by atoms with E-state index in [1.165, 1.54) is 11.0 Å². The summed E-state index contributed by atoms with van der Waals surface area (Å²) in [5, 5.41) is 9.45. The van der Waals surface area contributed by atoms with E-state index in [9.17, 15) is 24.0 Å². The van der Waals surface area contributed by atoms with E-state index in [0.717, 1.165) is 50.4 Å². The van der Waals surface area contributed by atoms with Gasteiger partial charge >= 0.3 is 0 Å². The molecule has 0 bridgehead atoms. The summed E-state index contributed by atoms with van der Waals surface area (Å²) in [7, 11) is 3.22. The SMILES string of the molecule is CN(C)C(=O)c1cc2c(-c3ccc(N4CCC5(CC4)CN(c4ccc(C(=O)NC6CCC(=O)NC6=O)nc4)C5)cc3F)cc(C3=CCCN(C(=O)CCn4cccn4)C3)c(F)c2[nH]1. The van der Waals surface area contributed by atoms with Crippen molar-refractivity contribution < 1.29 is 32.8 Å². The molecule has 3 fully saturated rings. The minimum atomic E-state index is -0.776. The summed E-state index contributed by atoms with van der Waals surface area (Å²) in [5.74, 6) is -2.81. The lowest BCUT2D eigenvalue weighted by atomic mass is 9.71. The molecule has 7 heterocycles. The molecule has 17 heteroatoms. The average molecular weight is 859 g/mol. The molecule has 5 aromatic rings. The van der Waals surface area contributed by atoms with Crippen molar-refractivity contribution in [3.8, 4) is 11.1 Å². The third-order valence-electron chi connectivity index (χ3n) is 12.8. The van der Waals surface area contributed by atoms with E-state index in [1.807, 2.05) is 18.2 Å². The van der Waals surface area contributed by atoms with Crippen molar-refractivity contribution in [2.24, 2.45) is 5.41 Å². The molecule has 1 atom stereocenters. The second kappa shape index (κ2) is 16.8. The van der Waals surface area contributed by atoms with Gasteiger partial charge in [-0.3, -0.25) is 34.0 Å². The number of H-pyrrole nitrogens is 1. The van der Waals surface area contributed by atoms with Crippen molar-refractivity contribution in [1.29, 1.82) is 0 Å². The highest BCUT2D eigenvalue weighted by atomic mass is 19.1. The molecule has 3 saturated heterocycles. The Kier molecular flexibility index (Phi) is 11.0. The number of halogens is 2. The van der Waals surface area contributed by atoms with Crippen LogP contribution in [-0.4, -0.2) is 118 Å². The predicted molar refractivity (Wildman–Crippen MR) is 232 cm³/mol. The van der Waals surface area contributed by atoms with E-state index < -0.39 is 29.5 Å². The van der Waals surface area contributed by atoms with Crippen LogP contribution in [0, 0.1) is 17.0 Å². The Bertz CT molecular complexity index is 2640. The number of aromatic nitrogens is 4. The normalized spacial score (nSPS) is 18.6. The molecule has 9 rings (SSSR count). The van der Waals surface area contributed by atoms with Gasteiger partial charge in [-0.2, -0.15) is 5.10 Å². The number of hydrogen-bond donors (Lipinski definition) is 3. The number of pyridine rings is 1. The maximum Gasteiger partial charge on any atom is 0.270 e. The summed E-state index contributed by atoms with van der Waals surface area (Å²) >= 11 is 0. The number of benzene rings is 2. The molecule has 3 aromatic heterocycles. The number of imide groups is 1. The lowest BCUT2D eigenvalue weighted by Crippen LogP contribution is -2.60. The molecule has 5 amide bonds. The molecule has 0 aliphatic carbocycles. The molecular weight excluding hydrogens is 811 g/mol. The predicted octanol–water partition coefficient (Wildman–Crippen LogP) is 4.75. The Balaban J connectivity index is 0.879. The van der Waals surface area contributed by atoms with Crippen molar-refractivity contribution in [2.75, 3.05) is 63.2 Å². The third kappa shape index (κ3) is 8.26. The summed E-state index contributed by atoms with van der Waals surface area (Å²) in [6.07, 6.45) is 10.0. The van der Waals surface area contributed by atoms with Gasteiger partial charge in [-0.15, -0.1) is 0 Å². The molecule has 15 nitrogen and oxygen atoms in total. The monoisotopic (exact) mass is 858 g/mol. The van der Waals surface area contributed by atoms with Gasteiger partial charge in [-0.05, 0) is 85.4 Å². The smallest absolute Gasteiger partial charge is 0.270 e.